The molecule has 0 aromatic carbocycles. The number of nitrogens with two attached hydrogens (primary N) is 1. The van der Waals surface area contributed by atoms with Gasteiger partial charge < -0.3 is 15.8 Å². The molecule has 4 bridgehead atoms. The van der Waals surface area contributed by atoms with Crippen LogP contribution in [0.2, 0.25) is 0 Å². The summed E-state index contributed by atoms with van der Waals surface area (Å²) in [4.78, 5) is 37.9. The van der Waals surface area contributed by atoms with E-state index >= 15 is 0 Å². The summed E-state index contributed by atoms with van der Waals surface area (Å²) in [6, 6.07) is 2.46. The van der Waals surface area contributed by atoms with Gasteiger partial charge in [-0.25, -0.2) is 4.79 Å². The molecule has 4 saturated carbocycles. The van der Waals surface area contributed by atoms with Crippen molar-refractivity contribution in [3.63, 3.8) is 0 Å². The first-order chi connectivity index (χ1) is 13.3. The molecule has 2 atom stereocenters. The van der Waals surface area contributed by atoms with Crippen molar-refractivity contribution >= 4 is 29.1 Å². The lowest BCUT2D eigenvalue weighted by atomic mass is 9.48. The third-order valence-corrected chi connectivity index (χ3v) is 7.80. The van der Waals surface area contributed by atoms with Crippen LogP contribution in [0.1, 0.15) is 62.8 Å². The fourth-order valence-corrected chi connectivity index (χ4v) is 6.97. The molecular formula is C21H28N2O4S. The van der Waals surface area contributed by atoms with E-state index in [1.54, 1.807) is 6.92 Å². The Balaban J connectivity index is 1.38. The fraction of sp³-hybridized carbons (Fsp3) is 0.667. The predicted molar refractivity (Wildman–Crippen MR) is 106 cm³/mol. The van der Waals surface area contributed by atoms with E-state index in [9.17, 15) is 14.4 Å². The van der Waals surface area contributed by atoms with E-state index in [2.05, 4.69) is 5.32 Å². The molecule has 2 amide bonds. The minimum absolute atomic E-state index is 0.0397. The van der Waals surface area contributed by atoms with E-state index in [0.29, 0.717) is 17.8 Å². The Morgan fingerprint density at radius 1 is 1.21 bits per heavy atom. The van der Waals surface area contributed by atoms with Crippen LogP contribution in [-0.2, 0) is 14.3 Å². The van der Waals surface area contributed by atoms with E-state index in [-0.39, 0.29) is 17.6 Å². The average Bonchev–Trinajstić information content (AvgIpc) is 3.13. The van der Waals surface area contributed by atoms with Crippen LogP contribution in [0.4, 0.5) is 4.79 Å². The van der Waals surface area contributed by atoms with Crippen molar-refractivity contribution in [2.45, 2.75) is 64.0 Å². The first-order valence-electron chi connectivity index (χ1n) is 10.2. The number of amides is 2. The van der Waals surface area contributed by atoms with Gasteiger partial charge in [-0.3, -0.25) is 9.59 Å². The van der Waals surface area contributed by atoms with Gasteiger partial charge in [-0.05, 0) is 74.6 Å². The molecule has 1 heterocycles. The Labute approximate surface area is 169 Å². The van der Waals surface area contributed by atoms with Crippen LogP contribution in [0.25, 0.3) is 0 Å². The Morgan fingerprint density at radius 2 is 1.82 bits per heavy atom. The molecule has 3 N–H and O–H groups in total. The summed E-state index contributed by atoms with van der Waals surface area (Å²) < 4.78 is 5.54. The lowest BCUT2D eigenvalue weighted by Gasteiger charge is -2.56. The summed E-state index contributed by atoms with van der Waals surface area (Å²) in [6.45, 7) is 1.69. The molecule has 1 aromatic heterocycles. The fourth-order valence-electron chi connectivity index (χ4n) is 6.19. The van der Waals surface area contributed by atoms with E-state index in [0.717, 1.165) is 24.1 Å². The first kappa shape index (κ1) is 19.4. The molecular weight excluding hydrogens is 376 g/mol. The Morgan fingerprint density at radius 3 is 2.32 bits per heavy atom. The second kappa shape index (κ2) is 7.50. The largest absolute Gasteiger partial charge is 0.455 e. The van der Waals surface area contributed by atoms with Crippen LogP contribution in [0.5, 0.6) is 0 Å². The monoisotopic (exact) mass is 404 g/mol. The maximum atomic E-state index is 13.3. The van der Waals surface area contributed by atoms with E-state index in [4.69, 9.17) is 10.5 Å². The van der Waals surface area contributed by atoms with Crippen molar-refractivity contribution in [2.24, 2.45) is 28.9 Å². The molecule has 0 unspecified atom stereocenters. The van der Waals surface area contributed by atoms with Crippen molar-refractivity contribution in [2.75, 3.05) is 0 Å². The number of urea groups is 1. The second-order valence-electron chi connectivity index (χ2n) is 8.97. The number of Topliss-reactive ketones (excluding diaryl/α,β-unsaturated/α-hetero) is 1. The summed E-state index contributed by atoms with van der Waals surface area (Å²) in [5.41, 5.74) is 4.96. The van der Waals surface area contributed by atoms with Crippen LogP contribution >= 0.6 is 11.3 Å². The van der Waals surface area contributed by atoms with Gasteiger partial charge in [-0.15, -0.1) is 11.3 Å². The molecule has 5 rings (SSSR count). The van der Waals surface area contributed by atoms with Gasteiger partial charge in [-0.2, -0.15) is 0 Å². The maximum Gasteiger partial charge on any atom is 0.312 e. The van der Waals surface area contributed by atoms with E-state index < -0.39 is 24.1 Å². The minimum atomic E-state index is -0.749. The van der Waals surface area contributed by atoms with Crippen LogP contribution < -0.4 is 11.1 Å². The number of hydrogen-bond acceptors (Lipinski definition) is 5. The summed E-state index contributed by atoms with van der Waals surface area (Å²) in [6.07, 6.45) is 5.89. The van der Waals surface area contributed by atoms with Crippen molar-refractivity contribution in [1.82, 2.24) is 5.32 Å². The number of nitrogens with one attached hydrogen (secondary N) is 1. The molecule has 4 fully saturated rings. The van der Waals surface area contributed by atoms with Gasteiger partial charge in [0, 0.05) is 10.3 Å². The van der Waals surface area contributed by atoms with Gasteiger partial charge >= 0.3 is 12.0 Å². The van der Waals surface area contributed by atoms with Crippen molar-refractivity contribution < 1.29 is 19.1 Å². The van der Waals surface area contributed by atoms with Crippen molar-refractivity contribution in [1.29, 1.82) is 0 Å². The zero-order chi connectivity index (χ0) is 19.9. The topological polar surface area (TPSA) is 98.5 Å². The number of carbonyl (C=O) groups is 3. The van der Waals surface area contributed by atoms with Crippen LogP contribution in [0.15, 0.2) is 17.5 Å². The number of ether oxygens (including phenoxy) is 1. The van der Waals surface area contributed by atoms with Gasteiger partial charge in [0.05, 0.1) is 12.5 Å². The molecule has 0 aliphatic heterocycles. The third-order valence-electron chi connectivity index (χ3n) is 6.81. The Bertz CT molecular complexity index is 725. The average molecular weight is 405 g/mol. The minimum Gasteiger partial charge on any atom is -0.455 e. The maximum absolute atomic E-state index is 13.3. The molecule has 152 valence electrons. The quantitative estimate of drug-likeness (QED) is 0.679. The van der Waals surface area contributed by atoms with Crippen LogP contribution in [0.3, 0.4) is 0 Å². The summed E-state index contributed by atoms with van der Waals surface area (Å²) in [7, 11) is 0. The van der Waals surface area contributed by atoms with Crippen LogP contribution in [0, 0.1) is 23.2 Å². The number of hydrogen-bond donors (Lipinski definition) is 2. The van der Waals surface area contributed by atoms with E-state index in [1.807, 2.05) is 17.5 Å². The van der Waals surface area contributed by atoms with Gasteiger partial charge in [0.25, 0.3) is 0 Å². The molecule has 1 aromatic rings. The molecule has 4 aliphatic rings. The molecule has 0 saturated heterocycles. The third kappa shape index (κ3) is 3.81. The van der Waals surface area contributed by atoms with Gasteiger partial charge in [0.15, 0.2) is 11.9 Å². The van der Waals surface area contributed by atoms with E-state index in [1.165, 1.54) is 30.6 Å². The number of carbonyl (C=O) groups excluding carboxylic acids is 3. The summed E-state index contributed by atoms with van der Waals surface area (Å²) >= 11 is 1.43. The smallest absolute Gasteiger partial charge is 0.312 e. The molecule has 7 heteroatoms. The molecule has 4 aliphatic carbocycles. The molecule has 0 spiro atoms. The standard InChI is InChI=1S/C21H28N2O4S/c1-12(19(25)21-9-13-5-14(10-21)7-15(6-13)11-21)27-18(24)8-16(23-20(22)26)17-3-2-4-28-17/h2-4,12-16H,5-11H2,1H3,(H3,22,23,26)/t12-,13?,14?,15?,16-,21?/m1/s1. The lowest BCUT2D eigenvalue weighted by molar-refractivity contribution is -0.165. The van der Waals surface area contributed by atoms with Crippen LogP contribution in [-0.4, -0.2) is 23.9 Å². The lowest BCUT2D eigenvalue weighted by Crippen LogP contribution is -2.52. The number of thiophene rings is 1. The highest BCUT2D eigenvalue weighted by molar-refractivity contribution is 7.10. The summed E-state index contributed by atoms with van der Waals surface area (Å²) in [5.74, 6) is 1.61. The van der Waals surface area contributed by atoms with Gasteiger partial charge in [0.2, 0.25) is 0 Å². The molecule has 0 radical (unpaired) electrons. The zero-order valence-electron chi connectivity index (χ0n) is 16.2. The predicted octanol–water partition coefficient (Wildman–Crippen LogP) is 3.56. The zero-order valence-corrected chi connectivity index (χ0v) is 17.0. The second-order valence-corrected chi connectivity index (χ2v) is 9.95. The highest BCUT2D eigenvalue weighted by atomic mass is 32.1. The first-order valence-corrected chi connectivity index (χ1v) is 11.1. The highest BCUT2D eigenvalue weighted by Gasteiger charge is 2.55. The van der Waals surface area contributed by atoms with Gasteiger partial charge in [-0.1, -0.05) is 6.07 Å². The summed E-state index contributed by atoms with van der Waals surface area (Å²) in [5, 5.41) is 4.46. The Hall–Kier alpha value is -1.89. The number of ketones is 1. The van der Waals surface area contributed by atoms with Crippen molar-refractivity contribution in [3.8, 4) is 0 Å². The number of esters is 1. The SMILES string of the molecule is C[C@@H](OC(=O)C[C@@H](NC(N)=O)c1cccs1)C(=O)C12CC3CC(CC(C3)C1)C2. The molecule has 28 heavy (non-hydrogen) atoms. The molecule has 6 nitrogen and oxygen atoms in total. The number of rotatable bonds is 7. The number of primary amides is 1. The normalized spacial score (nSPS) is 32.5. The Kier molecular flexibility index (Phi) is 5.21. The van der Waals surface area contributed by atoms with Gasteiger partial charge in [0.1, 0.15) is 0 Å². The highest BCUT2D eigenvalue weighted by Crippen LogP contribution is 2.60. The van der Waals surface area contributed by atoms with Crippen molar-refractivity contribution in [3.05, 3.63) is 22.4 Å².